The highest BCUT2D eigenvalue weighted by molar-refractivity contribution is 5.99. The smallest absolute Gasteiger partial charge is 0.326 e. The summed E-state index contributed by atoms with van der Waals surface area (Å²) in [6.07, 6.45) is 3.13. The zero-order valence-electron chi connectivity index (χ0n) is 22.4. The van der Waals surface area contributed by atoms with Crippen LogP contribution in [0.2, 0.25) is 0 Å². The fourth-order valence-electron chi connectivity index (χ4n) is 4.98. The molecule has 2 aromatic carbocycles. The van der Waals surface area contributed by atoms with Gasteiger partial charge >= 0.3 is 12.0 Å². The first-order valence-corrected chi connectivity index (χ1v) is 13.1. The van der Waals surface area contributed by atoms with Crippen LogP contribution >= 0.6 is 0 Å². The van der Waals surface area contributed by atoms with E-state index in [0.717, 1.165) is 60.3 Å². The molecular formula is C29H40N4O4. The second-order valence-electron chi connectivity index (χ2n) is 10.1. The molecular weight excluding hydrogens is 468 g/mol. The van der Waals surface area contributed by atoms with Crippen LogP contribution in [0, 0.1) is 26.7 Å². The van der Waals surface area contributed by atoms with Crippen molar-refractivity contribution in [3.8, 4) is 0 Å². The van der Waals surface area contributed by atoms with Gasteiger partial charge in [-0.15, -0.1) is 0 Å². The number of carboxylic acids is 1. The van der Waals surface area contributed by atoms with Crippen LogP contribution in [0.25, 0.3) is 0 Å². The third-order valence-electron chi connectivity index (χ3n) is 6.95. The van der Waals surface area contributed by atoms with Gasteiger partial charge in [-0.1, -0.05) is 36.8 Å². The second kappa shape index (κ2) is 13.1. The third kappa shape index (κ3) is 7.97. The number of anilines is 1. The second-order valence-corrected chi connectivity index (χ2v) is 10.1. The molecule has 200 valence electrons. The van der Waals surface area contributed by atoms with Gasteiger partial charge < -0.3 is 26.0 Å². The summed E-state index contributed by atoms with van der Waals surface area (Å²) in [7, 11) is 0. The Morgan fingerprint density at radius 1 is 1.00 bits per heavy atom. The molecule has 1 unspecified atom stereocenters. The number of piperidine rings is 1. The average Bonchev–Trinajstić information content (AvgIpc) is 2.86. The summed E-state index contributed by atoms with van der Waals surface area (Å²) in [5, 5.41) is 18.3. The molecule has 0 radical (unpaired) electrons. The number of carbonyl (C=O) groups excluding carboxylic acids is 2. The number of hydrogen-bond donors (Lipinski definition) is 4. The van der Waals surface area contributed by atoms with Gasteiger partial charge in [0, 0.05) is 43.9 Å². The molecule has 37 heavy (non-hydrogen) atoms. The number of nitrogens with one attached hydrogen (secondary N) is 3. The van der Waals surface area contributed by atoms with Gasteiger partial charge in [-0.25, -0.2) is 9.59 Å². The lowest BCUT2D eigenvalue weighted by atomic mass is 9.96. The summed E-state index contributed by atoms with van der Waals surface area (Å²) in [6.45, 7) is 10.9. The summed E-state index contributed by atoms with van der Waals surface area (Å²) < 4.78 is 0. The van der Waals surface area contributed by atoms with E-state index in [4.69, 9.17) is 0 Å². The Morgan fingerprint density at radius 2 is 1.62 bits per heavy atom. The number of rotatable bonds is 10. The van der Waals surface area contributed by atoms with E-state index in [1.54, 1.807) is 0 Å². The summed E-state index contributed by atoms with van der Waals surface area (Å²) in [5.74, 6) is -0.957. The number of nitrogens with zero attached hydrogens (tertiary/aromatic N) is 1. The molecule has 0 spiro atoms. The van der Waals surface area contributed by atoms with Gasteiger partial charge in [0.1, 0.15) is 6.04 Å². The standard InChI is InChI=1S/C29H40N4O4/c1-5-12-30-29(37)31-18-23-10-13-33(14-11-23)24-8-6-22(7-9-24)17-25(28(35)36)32-27(34)26-20(3)15-19(2)16-21(26)4/h6-9,15-16,23,25H,5,10-14,17-18H2,1-4H3,(H,32,34)(H,35,36)(H2,30,31,37). The summed E-state index contributed by atoms with van der Waals surface area (Å²) >= 11 is 0. The fourth-order valence-corrected chi connectivity index (χ4v) is 4.98. The minimum Gasteiger partial charge on any atom is -0.480 e. The Morgan fingerprint density at radius 3 is 2.19 bits per heavy atom. The van der Waals surface area contributed by atoms with Gasteiger partial charge in [-0.05, 0) is 74.8 Å². The first-order valence-electron chi connectivity index (χ1n) is 13.1. The number of hydrogen-bond acceptors (Lipinski definition) is 4. The molecule has 1 fully saturated rings. The zero-order chi connectivity index (χ0) is 26.9. The van der Waals surface area contributed by atoms with Crippen molar-refractivity contribution >= 4 is 23.6 Å². The summed E-state index contributed by atoms with van der Waals surface area (Å²) in [5.41, 5.74) is 5.22. The number of benzene rings is 2. The van der Waals surface area contributed by atoms with Crippen LogP contribution in [0.1, 0.15) is 58.8 Å². The van der Waals surface area contributed by atoms with E-state index in [2.05, 4.69) is 20.9 Å². The number of urea groups is 1. The quantitative estimate of drug-likeness (QED) is 0.388. The Kier molecular flexibility index (Phi) is 9.94. The monoisotopic (exact) mass is 508 g/mol. The van der Waals surface area contributed by atoms with Gasteiger partial charge in [0.15, 0.2) is 0 Å². The maximum Gasteiger partial charge on any atom is 0.326 e. The number of amides is 3. The molecule has 0 bridgehead atoms. The largest absolute Gasteiger partial charge is 0.480 e. The molecule has 0 aromatic heterocycles. The SMILES string of the molecule is CCCNC(=O)NCC1CCN(c2ccc(CC(NC(=O)c3c(C)cc(C)cc3C)C(=O)O)cc2)CC1. The highest BCUT2D eigenvalue weighted by Gasteiger charge is 2.24. The van der Waals surface area contributed by atoms with Crippen molar-refractivity contribution in [3.63, 3.8) is 0 Å². The molecule has 0 aliphatic carbocycles. The normalized spacial score (nSPS) is 14.6. The van der Waals surface area contributed by atoms with Gasteiger partial charge in [-0.3, -0.25) is 4.79 Å². The molecule has 0 saturated carbocycles. The molecule has 1 heterocycles. The van der Waals surface area contributed by atoms with Crippen molar-refractivity contribution < 1.29 is 19.5 Å². The van der Waals surface area contributed by atoms with Crippen LogP contribution < -0.4 is 20.9 Å². The zero-order valence-corrected chi connectivity index (χ0v) is 22.4. The molecule has 2 aromatic rings. The molecule has 1 saturated heterocycles. The molecule has 1 aliphatic heterocycles. The van der Waals surface area contributed by atoms with E-state index in [9.17, 15) is 19.5 Å². The van der Waals surface area contributed by atoms with E-state index in [1.807, 2.05) is 64.1 Å². The third-order valence-corrected chi connectivity index (χ3v) is 6.95. The molecule has 4 N–H and O–H groups in total. The minimum absolute atomic E-state index is 0.0974. The molecule has 3 amide bonds. The van der Waals surface area contributed by atoms with Crippen molar-refractivity contribution in [3.05, 3.63) is 64.2 Å². The van der Waals surface area contributed by atoms with Crippen LogP contribution in [0.5, 0.6) is 0 Å². The van der Waals surface area contributed by atoms with Crippen molar-refractivity contribution in [1.82, 2.24) is 16.0 Å². The van der Waals surface area contributed by atoms with Gasteiger partial charge in [0.2, 0.25) is 0 Å². The van der Waals surface area contributed by atoms with Crippen LogP contribution in [-0.2, 0) is 11.2 Å². The van der Waals surface area contributed by atoms with Crippen molar-refractivity contribution in [2.45, 2.75) is 59.4 Å². The molecule has 1 aliphatic rings. The van der Waals surface area contributed by atoms with Crippen molar-refractivity contribution in [2.24, 2.45) is 5.92 Å². The lowest BCUT2D eigenvalue weighted by Crippen LogP contribution is -2.43. The lowest BCUT2D eigenvalue weighted by Gasteiger charge is -2.33. The Balaban J connectivity index is 1.53. The molecule has 8 nitrogen and oxygen atoms in total. The predicted octanol–water partition coefficient (Wildman–Crippen LogP) is 3.96. The van der Waals surface area contributed by atoms with Crippen LogP contribution in [-0.4, -0.2) is 55.2 Å². The van der Waals surface area contributed by atoms with Gasteiger partial charge in [0.05, 0.1) is 0 Å². The van der Waals surface area contributed by atoms with Crippen LogP contribution in [0.4, 0.5) is 10.5 Å². The van der Waals surface area contributed by atoms with Gasteiger partial charge in [0.25, 0.3) is 5.91 Å². The Hall–Kier alpha value is -3.55. The number of carboxylic acid groups (broad SMARTS) is 1. The topological polar surface area (TPSA) is 111 Å². The lowest BCUT2D eigenvalue weighted by molar-refractivity contribution is -0.139. The number of carbonyl (C=O) groups is 3. The Labute approximate surface area is 219 Å². The first-order chi connectivity index (χ1) is 17.7. The first kappa shape index (κ1) is 28.0. The fraction of sp³-hybridized carbons (Fsp3) is 0.483. The number of aliphatic carboxylic acids is 1. The maximum atomic E-state index is 12.9. The van der Waals surface area contributed by atoms with Gasteiger partial charge in [-0.2, -0.15) is 0 Å². The average molecular weight is 509 g/mol. The van der Waals surface area contributed by atoms with Crippen molar-refractivity contribution in [1.29, 1.82) is 0 Å². The summed E-state index contributed by atoms with van der Waals surface area (Å²) in [6, 6.07) is 10.6. The minimum atomic E-state index is -1.06. The molecule has 1 atom stereocenters. The highest BCUT2D eigenvalue weighted by atomic mass is 16.4. The summed E-state index contributed by atoms with van der Waals surface area (Å²) in [4.78, 5) is 38.9. The molecule has 3 rings (SSSR count). The van der Waals surface area contributed by atoms with Crippen LogP contribution in [0.15, 0.2) is 36.4 Å². The predicted molar refractivity (Wildman–Crippen MR) is 146 cm³/mol. The molecule has 8 heteroatoms. The van der Waals surface area contributed by atoms with Crippen molar-refractivity contribution in [2.75, 3.05) is 31.1 Å². The van der Waals surface area contributed by atoms with E-state index in [1.165, 1.54) is 0 Å². The highest BCUT2D eigenvalue weighted by Crippen LogP contribution is 2.24. The van der Waals surface area contributed by atoms with E-state index >= 15 is 0 Å². The van der Waals surface area contributed by atoms with E-state index in [-0.39, 0.29) is 18.4 Å². The van der Waals surface area contributed by atoms with E-state index < -0.39 is 12.0 Å². The Bertz CT molecular complexity index is 1070. The van der Waals surface area contributed by atoms with E-state index in [0.29, 0.717) is 24.6 Å². The maximum absolute atomic E-state index is 12.9. The van der Waals surface area contributed by atoms with Crippen LogP contribution in [0.3, 0.4) is 0 Å². The number of aryl methyl sites for hydroxylation is 3.